The smallest absolute Gasteiger partial charge is 0.132 e. The Labute approximate surface area is 120 Å². The van der Waals surface area contributed by atoms with Crippen LogP contribution in [0.2, 0.25) is 15.1 Å². The standard InChI is InChI=1S/C12H10Cl3N3/c1-16-11-3-2-4-12(18-11)17-10-6-8(14)7(13)5-9(10)15/h2-6H,1H3,(H2,16,17,18). The van der Waals surface area contributed by atoms with Gasteiger partial charge in [0.1, 0.15) is 11.6 Å². The summed E-state index contributed by atoms with van der Waals surface area (Å²) in [4.78, 5) is 4.32. The van der Waals surface area contributed by atoms with Crippen molar-refractivity contribution >= 4 is 52.1 Å². The highest BCUT2D eigenvalue weighted by atomic mass is 35.5. The fourth-order valence-electron chi connectivity index (χ4n) is 1.40. The number of hydrogen-bond donors (Lipinski definition) is 2. The molecule has 2 N–H and O–H groups in total. The van der Waals surface area contributed by atoms with E-state index < -0.39 is 0 Å². The molecule has 0 aliphatic heterocycles. The maximum absolute atomic E-state index is 6.08. The molecule has 0 saturated heterocycles. The zero-order valence-corrected chi connectivity index (χ0v) is 11.7. The second kappa shape index (κ2) is 5.65. The molecular formula is C12H10Cl3N3. The van der Waals surface area contributed by atoms with Gasteiger partial charge in [-0.2, -0.15) is 0 Å². The van der Waals surface area contributed by atoms with E-state index in [0.717, 1.165) is 5.82 Å². The lowest BCUT2D eigenvalue weighted by Gasteiger charge is -2.10. The summed E-state index contributed by atoms with van der Waals surface area (Å²) in [6.07, 6.45) is 0. The zero-order chi connectivity index (χ0) is 13.1. The third kappa shape index (κ3) is 2.99. The number of pyridine rings is 1. The van der Waals surface area contributed by atoms with Crippen LogP contribution in [0.3, 0.4) is 0 Å². The predicted molar refractivity (Wildman–Crippen MR) is 78.5 cm³/mol. The largest absolute Gasteiger partial charge is 0.373 e. The highest BCUT2D eigenvalue weighted by molar-refractivity contribution is 6.44. The first kappa shape index (κ1) is 13.3. The third-order valence-corrected chi connectivity index (χ3v) is 3.31. The molecule has 0 aliphatic carbocycles. The van der Waals surface area contributed by atoms with E-state index in [0.29, 0.717) is 26.6 Å². The number of nitrogens with one attached hydrogen (secondary N) is 2. The molecule has 2 rings (SSSR count). The van der Waals surface area contributed by atoms with Gasteiger partial charge in [0, 0.05) is 7.05 Å². The molecule has 0 bridgehead atoms. The van der Waals surface area contributed by atoms with Crippen LogP contribution in [-0.2, 0) is 0 Å². The van der Waals surface area contributed by atoms with Crippen molar-refractivity contribution < 1.29 is 0 Å². The predicted octanol–water partition coefficient (Wildman–Crippen LogP) is 4.83. The van der Waals surface area contributed by atoms with Gasteiger partial charge < -0.3 is 10.6 Å². The lowest BCUT2D eigenvalue weighted by atomic mass is 10.3. The summed E-state index contributed by atoms with van der Waals surface area (Å²) in [7, 11) is 1.80. The Morgan fingerprint density at radius 2 is 1.61 bits per heavy atom. The molecule has 0 aliphatic rings. The fourth-order valence-corrected chi connectivity index (χ4v) is 1.99. The summed E-state index contributed by atoms with van der Waals surface area (Å²) in [6.45, 7) is 0. The van der Waals surface area contributed by atoms with E-state index in [4.69, 9.17) is 34.8 Å². The molecule has 0 spiro atoms. The van der Waals surface area contributed by atoms with Crippen LogP contribution in [0.1, 0.15) is 0 Å². The van der Waals surface area contributed by atoms with Crippen molar-refractivity contribution in [2.45, 2.75) is 0 Å². The summed E-state index contributed by atoms with van der Waals surface area (Å²) < 4.78 is 0. The van der Waals surface area contributed by atoms with E-state index >= 15 is 0 Å². The van der Waals surface area contributed by atoms with Crippen LogP contribution in [0.25, 0.3) is 0 Å². The van der Waals surface area contributed by atoms with Crippen LogP contribution in [0, 0.1) is 0 Å². The second-order valence-electron chi connectivity index (χ2n) is 3.53. The van der Waals surface area contributed by atoms with Crippen molar-refractivity contribution in [2.75, 3.05) is 17.7 Å². The molecule has 0 atom stereocenters. The quantitative estimate of drug-likeness (QED) is 0.798. The van der Waals surface area contributed by atoms with Crippen LogP contribution >= 0.6 is 34.8 Å². The Kier molecular flexibility index (Phi) is 4.17. The minimum absolute atomic E-state index is 0.421. The third-order valence-electron chi connectivity index (χ3n) is 2.28. The average Bonchev–Trinajstić information content (AvgIpc) is 2.36. The molecule has 0 amide bonds. The Morgan fingerprint density at radius 1 is 0.944 bits per heavy atom. The van der Waals surface area contributed by atoms with Gasteiger partial charge in [-0.1, -0.05) is 40.9 Å². The minimum Gasteiger partial charge on any atom is -0.373 e. The molecule has 6 heteroatoms. The van der Waals surface area contributed by atoms with Crippen LogP contribution in [-0.4, -0.2) is 12.0 Å². The van der Waals surface area contributed by atoms with Gasteiger partial charge in [0.2, 0.25) is 0 Å². The van der Waals surface area contributed by atoms with Crippen molar-refractivity contribution in [1.29, 1.82) is 0 Å². The molecule has 1 aromatic carbocycles. The normalized spacial score (nSPS) is 10.2. The lowest BCUT2D eigenvalue weighted by molar-refractivity contribution is 1.28. The van der Waals surface area contributed by atoms with Gasteiger partial charge in [-0.05, 0) is 24.3 Å². The van der Waals surface area contributed by atoms with E-state index in [1.807, 2.05) is 18.2 Å². The monoisotopic (exact) mass is 301 g/mol. The van der Waals surface area contributed by atoms with Crippen molar-refractivity contribution in [3.63, 3.8) is 0 Å². The first-order chi connectivity index (χ1) is 8.60. The Bertz CT molecular complexity index is 572. The summed E-state index contributed by atoms with van der Waals surface area (Å²) in [6, 6.07) is 8.84. The first-order valence-electron chi connectivity index (χ1n) is 5.16. The molecule has 3 nitrogen and oxygen atoms in total. The topological polar surface area (TPSA) is 37.0 Å². The van der Waals surface area contributed by atoms with Crippen LogP contribution in [0.15, 0.2) is 30.3 Å². The summed E-state index contributed by atoms with van der Waals surface area (Å²) in [5.41, 5.74) is 0.659. The number of anilines is 3. The maximum atomic E-state index is 6.08. The summed E-state index contributed by atoms with van der Waals surface area (Å²) in [5, 5.41) is 7.39. The van der Waals surface area contributed by atoms with Gasteiger partial charge in [-0.15, -0.1) is 0 Å². The minimum atomic E-state index is 0.421. The highest BCUT2D eigenvalue weighted by Gasteiger charge is 2.07. The van der Waals surface area contributed by atoms with Gasteiger partial charge >= 0.3 is 0 Å². The van der Waals surface area contributed by atoms with E-state index in [1.54, 1.807) is 19.2 Å². The van der Waals surface area contributed by atoms with Gasteiger partial charge in [0.25, 0.3) is 0 Å². The first-order valence-corrected chi connectivity index (χ1v) is 6.30. The van der Waals surface area contributed by atoms with Gasteiger partial charge in [0.15, 0.2) is 0 Å². The summed E-state index contributed by atoms with van der Waals surface area (Å²) in [5.74, 6) is 1.43. The molecule has 18 heavy (non-hydrogen) atoms. The van der Waals surface area contributed by atoms with E-state index in [2.05, 4.69) is 15.6 Å². The number of aromatic nitrogens is 1. The molecule has 0 radical (unpaired) electrons. The number of nitrogens with zero attached hydrogens (tertiary/aromatic N) is 1. The van der Waals surface area contributed by atoms with Crippen molar-refractivity contribution in [1.82, 2.24) is 4.98 Å². The number of halogens is 3. The zero-order valence-electron chi connectivity index (χ0n) is 9.47. The number of rotatable bonds is 3. The van der Waals surface area contributed by atoms with E-state index in [1.165, 1.54) is 0 Å². The summed E-state index contributed by atoms with van der Waals surface area (Å²) >= 11 is 17.9. The van der Waals surface area contributed by atoms with Crippen molar-refractivity contribution in [2.24, 2.45) is 0 Å². The van der Waals surface area contributed by atoms with E-state index in [9.17, 15) is 0 Å². The Hall–Kier alpha value is -1.16. The molecule has 2 aromatic rings. The number of hydrogen-bond acceptors (Lipinski definition) is 3. The fraction of sp³-hybridized carbons (Fsp3) is 0.0833. The molecular weight excluding hydrogens is 293 g/mol. The molecule has 1 aromatic heterocycles. The molecule has 0 saturated carbocycles. The van der Waals surface area contributed by atoms with Gasteiger partial charge in [-0.25, -0.2) is 4.98 Å². The SMILES string of the molecule is CNc1cccc(Nc2cc(Cl)c(Cl)cc2Cl)n1. The Morgan fingerprint density at radius 3 is 2.33 bits per heavy atom. The van der Waals surface area contributed by atoms with Crippen LogP contribution in [0.5, 0.6) is 0 Å². The average molecular weight is 303 g/mol. The molecule has 1 heterocycles. The number of benzene rings is 1. The van der Waals surface area contributed by atoms with E-state index in [-0.39, 0.29) is 0 Å². The maximum Gasteiger partial charge on any atom is 0.132 e. The highest BCUT2D eigenvalue weighted by Crippen LogP contribution is 2.33. The second-order valence-corrected chi connectivity index (χ2v) is 4.75. The van der Waals surface area contributed by atoms with Gasteiger partial charge in [-0.3, -0.25) is 0 Å². The molecule has 0 unspecified atom stereocenters. The van der Waals surface area contributed by atoms with Gasteiger partial charge in [0.05, 0.1) is 20.8 Å². The van der Waals surface area contributed by atoms with Crippen molar-refractivity contribution in [3.05, 3.63) is 45.4 Å². The Balaban J connectivity index is 2.30. The molecule has 94 valence electrons. The lowest BCUT2D eigenvalue weighted by Crippen LogP contribution is -1.97. The van der Waals surface area contributed by atoms with Crippen LogP contribution in [0.4, 0.5) is 17.3 Å². The van der Waals surface area contributed by atoms with Crippen LogP contribution < -0.4 is 10.6 Å². The van der Waals surface area contributed by atoms with Crippen molar-refractivity contribution in [3.8, 4) is 0 Å². The molecule has 0 fully saturated rings.